The lowest BCUT2D eigenvalue weighted by atomic mass is 9.94. The quantitative estimate of drug-likeness (QED) is 0.627. The molecule has 0 heterocycles. The van der Waals surface area contributed by atoms with Gasteiger partial charge in [-0.1, -0.05) is 54.4 Å². The average molecular weight is 268 g/mol. The topological polar surface area (TPSA) is 24.1 Å². The number of hydrogen-bond acceptors (Lipinski definition) is 2. The number of rotatable bonds is 9. The Labute approximate surface area is 119 Å². The minimum Gasteiger partial charge on any atom is -0.320 e. The van der Waals surface area contributed by atoms with Crippen LogP contribution >= 0.6 is 0 Å². The summed E-state index contributed by atoms with van der Waals surface area (Å²) >= 11 is -0.632. The van der Waals surface area contributed by atoms with Gasteiger partial charge in [0.1, 0.15) is 0 Å². The van der Waals surface area contributed by atoms with Gasteiger partial charge in [0.2, 0.25) is 0 Å². The van der Waals surface area contributed by atoms with Crippen LogP contribution in [0.5, 0.6) is 0 Å². The highest BCUT2D eigenvalue weighted by Crippen LogP contribution is 2.53. The average Bonchev–Trinajstić information content (AvgIpc) is 2.74. The summed E-state index contributed by atoms with van der Waals surface area (Å²) in [4.78, 5) is 0. The Bertz CT molecular complexity index is 217. The molecule has 0 saturated heterocycles. The van der Waals surface area contributed by atoms with Crippen molar-refractivity contribution in [2.45, 2.75) is 60.8 Å². The Morgan fingerprint density at radius 1 is 1.11 bits per heavy atom. The molecule has 0 amide bonds. The summed E-state index contributed by atoms with van der Waals surface area (Å²) in [6, 6.07) is 0. The highest BCUT2D eigenvalue weighted by molar-refractivity contribution is 6.62. The van der Waals surface area contributed by atoms with E-state index < -0.39 is 14.1 Å². The van der Waals surface area contributed by atoms with Gasteiger partial charge >= 0.3 is 0 Å². The summed E-state index contributed by atoms with van der Waals surface area (Å²) in [5, 5.41) is 10.1. The van der Waals surface area contributed by atoms with Gasteiger partial charge in [0.25, 0.3) is 14.1 Å². The van der Waals surface area contributed by atoms with Gasteiger partial charge in [-0.2, -0.15) is 0 Å². The molecule has 1 rings (SSSR count). The van der Waals surface area contributed by atoms with Crippen molar-refractivity contribution in [1.82, 2.24) is 10.6 Å². The van der Waals surface area contributed by atoms with E-state index in [1.54, 1.807) is 10.6 Å². The normalized spacial score (nSPS) is 27.7. The zero-order valence-electron chi connectivity index (χ0n) is 13.0. The molecule has 0 aromatic carbocycles. The minimum absolute atomic E-state index is 0.632. The van der Waals surface area contributed by atoms with Crippen LogP contribution in [0.25, 0.3) is 0 Å². The maximum absolute atomic E-state index is 3.54. The molecule has 0 aliphatic heterocycles. The third kappa shape index (κ3) is 3.73. The van der Waals surface area contributed by atoms with Crippen LogP contribution in [0.15, 0.2) is 0 Å². The Hall–Kier alpha value is 0.452. The van der Waals surface area contributed by atoms with E-state index in [1.165, 1.54) is 45.2 Å². The third-order valence-electron chi connectivity index (χ3n) is 5.05. The second-order valence-corrected chi connectivity index (χ2v) is 9.88. The van der Waals surface area contributed by atoms with Crippen molar-refractivity contribution in [3.63, 3.8) is 0 Å². The van der Waals surface area contributed by atoms with Gasteiger partial charge in [0.05, 0.1) is 0 Å². The third-order valence-corrected chi connectivity index (χ3v) is 10.2. The molecule has 1 saturated carbocycles. The van der Waals surface area contributed by atoms with Gasteiger partial charge in [0.15, 0.2) is 0 Å². The first kappa shape index (κ1) is 16.5. The standard InChI is InChI=1S/C9H19N2.2C3H7.Al/c1-10-6-8-4-3-5-9(8)7-11-2;2*1-3-2;/h8,10-11H,3-7H2,1-2H3;2*1,3H2,2H3;. The molecule has 0 radical (unpaired) electrons. The van der Waals surface area contributed by atoms with Gasteiger partial charge in [-0.05, 0) is 39.5 Å². The lowest BCUT2D eigenvalue weighted by Crippen LogP contribution is -2.45. The molecule has 18 heavy (non-hydrogen) atoms. The molecule has 2 nitrogen and oxygen atoms in total. The van der Waals surface area contributed by atoms with Crippen LogP contribution in [-0.2, 0) is 0 Å². The van der Waals surface area contributed by atoms with Crippen molar-refractivity contribution >= 4 is 14.1 Å². The lowest BCUT2D eigenvalue weighted by Gasteiger charge is -2.41. The molecule has 106 valence electrons. The van der Waals surface area contributed by atoms with Gasteiger partial charge in [-0.3, -0.25) is 0 Å². The molecule has 3 heteroatoms. The fourth-order valence-corrected chi connectivity index (χ4v) is 9.27. The zero-order chi connectivity index (χ0) is 13.4. The highest BCUT2D eigenvalue weighted by atomic mass is 27.2. The fourth-order valence-electron chi connectivity index (χ4n) is 4.38. The first-order chi connectivity index (χ1) is 8.75. The SMILES string of the molecule is CC[CH2][Al]([CH2]CC)[C]1(CNC)CCCC1CNC. The van der Waals surface area contributed by atoms with Gasteiger partial charge < -0.3 is 10.6 Å². The molecule has 0 spiro atoms. The van der Waals surface area contributed by atoms with Crippen molar-refractivity contribution in [3.8, 4) is 0 Å². The summed E-state index contributed by atoms with van der Waals surface area (Å²) in [7, 11) is 4.28. The second-order valence-electron chi connectivity index (χ2n) is 6.18. The molecular weight excluding hydrogens is 235 g/mol. The summed E-state index contributed by atoms with van der Waals surface area (Å²) in [5.74, 6) is 0.935. The van der Waals surface area contributed by atoms with Gasteiger partial charge in [0, 0.05) is 0 Å². The van der Waals surface area contributed by atoms with Crippen LogP contribution in [0.1, 0.15) is 46.0 Å². The second kappa shape index (κ2) is 8.59. The summed E-state index contributed by atoms with van der Waals surface area (Å²) in [6.45, 7) is 7.27. The Kier molecular flexibility index (Phi) is 7.88. The van der Waals surface area contributed by atoms with Crippen LogP contribution in [0, 0.1) is 5.92 Å². The van der Waals surface area contributed by atoms with E-state index in [0.717, 1.165) is 5.92 Å². The number of hydrogen-bond donors (Lipinski definition) is 2. The molecule has 2 N–H and O–H groups in total. The predicted molar refractivity (Wildman–Crippen MR) is 83.8 cm³/mol. The highest BCUT2D eigenvalue weighted by Gasteiger charge is 2.49. The summed E-state index contributed by atoms with van der Waals surface area (Å²) < 4.78 is 0.698. The van der Waals surface area contributed by atoms with Crippen molar-refractivity contribution < 1.29 is 0 Å². The van der Waals surface area contributed by atoms with E-state index in [2.05, 4.69) is 38.6 Å². The molecule has 1 aliphatic rings. The van der Waals surface area contributed by atoms with Crippen molar-refractivity contribution in [1.29, 1.82) is 0 Å². The van der Waals surface area contributed by atoms with E-state index in [4.69, 9.17) is 0 Å². The first-order valence-electron chi connectivity index (χ1n) is 8.04. The summed E-state index contributed by atoms with van der Waals surface area (Å²) in [5.41, 5.74) is 0. The van der Waals surface area contributed by atoms with Crippen LogP contribution < -0.4 is 10.6 Å². The molecule has 1 fully saturated rings. The van der Waals surface area contributed by atoms with Crippen LogP contribution in [0.3, 0.4) is 0 Å². The molecule has 0 bridgehead atoms. The molecular formula is C15H33AlN2. The maximum Gasteiger partial charge on any atom is 0.272 e. The Morgan fingerprint density at radius 3 is 2.28 bits per heavy atom. The lowest BCUT2D eigenvalue weighted by molar-refractivity contribution is 0.373. The largest absolute Gasteiger partial charge is 0.320 e. The van der Waals surface area contributed by atoms with Crippen LogP contribution in [-0.4, -0.2) is 41.3 Å². The summed E-state index contributed by atoms with van der Waals surface area (Å²) in [6.07, 6.45) is 7.21. The predicted octanol–water partition coefficient (Wildman–Crippen LogP) is 3.28. The van der Waals surface area contributed by atoms with Crippen molar-refractivity contribution in [2.24, 2.45) is 5.92 Å². The van der Waals surface area contributed by atoms with Gasteiger partial charge in [-0.15, -0.1) is 0 Å². The van der Waals surface area contributed by atoms with Crippen LogP contribution in [0.4, 0.5) is 0 Å². The first-order valence-corrected chi connectivity index (χ1v) is 10.2. The Morgan fingerprint density at radius 2 is 1.78 bits per heavy atom. The van der Waals surface area contributed by atoms with E-state index in [1.807, 2.05) is 0 Å². The van der Waals surface area contributed by atoms with E-state index >= 15 is 0 Å². The Balaban J connectivity index is 2.86. The smallest absolute Gasteiger partial charge is 0.272 e. The molecule has 1 aliphatic carbocycles. The zero-order valence-corrected chi connectivity index (χ0v) is 14.2. The van der Waals surface area contributed by atoms with Crippen molar-refractivity contribution in [2.75, 3.05) is 27.2 Å². The minimum atomic E-state index is -0.632. The monoisotopic (exact) mass is 268 g/mol. The molecule has 0 aromatic rings. The van der Waals surface area contributed by atoms with E-state index in [-0.39, 0.29) is 0 Å². The molecule has 2 atom stereocenters. The molecule has 0 aromatic heterocycles. The van der Waals surface area contributed by atoms with E-state index in [0.29, 0.717) is 4.28 Å². The van der Waals surface area contributed by atoms with Gasteiger partial charge in [-0.25, -0.2) is 0 Å². The van der Waals surface area contributed by atoms with Crippen LogP contribution in [0.2, 0.25) is 14.8 Å². The maximum atomic E-state index is 3.54. The fraction of sp³-hybridized carbons (Fsp3) is 1.00. The molecule has 2 unspecified atom stereocenters. The van der Waals surface area contributed by atoms with E-state index in [9.17, 15) is 0 Å². The van der Waals surface area contributed by atoms with Crippen molar-refractivity contribution in [3.05, 3.63) is 0 Å². The number of nitrogens with one attached hydrogen (secondary N) is 2.